The van der Waals surface area contributed by atoms with Crippen LogP contribution >= 0.6 is 0 Å². The van der Waals surface area contributed by atoms with Gasteiger partial charge in [0.25, 0.3) is 5.91 Å². The molecule has 4 rings (SSSR count). The van der Waals surface area contributed by atoms with Crippen LogP contribution in [0.4, 0.5) is 10.5 Å². The van der Waals surface area contributed by atoms with Crippen molar-refractivity contribution in [2.75, 3.05) is 4.90 Å². The summed E-state index contributed by atoms with van der Waals surface area (Å²) in [6, 6.07) is 7.34. The average Bonchev–Trinajstić information content (AvgIpc) is 3.34. The number of furan rings is 1. The molecule has 1 saturated carbocycles. The summed E-state index contributed by atoms with van der Waals surface area (Å²) >= 11 is 0. The van der Waals surface area contributed by atoms with Gasteiger partial charge in [-0.3, -0.25) is 19.7 Å². The third-order valence-corrected chi connectivity index (χ3v) is 5.64. The molecular formula is C22H22N2O5. The van der Waals surface area contributed by atoms with E-state index in [1.54, 1.807) is 24.3 Å². The summed E-state index contributed by atoms with van der Waals surface area (Å²) in [4.78, 5) is 52.2. The maximum absolute atomic E-state index is 13.1. The Hall–Kier alpha value is -3.22. The molecule has 7 nitrogen and oxygen atoms in total. The Labute approximate surface area is 168 Å². The van der Waals surface area contributed by atoms with E-state index >= 15 is 0 Å². The normalized spacial score (nSPS) is 19.1. The van der Waals surface area contributed by atoms with Crippen LogP contribution in [0.5, 0.6) is 0 Å². The maximum atomic E-state index is 13.1. The van der Waals surface area contributed by atoms with E-state index in [1.165, 1.54) is 12.3 Å². The molecule has 150 valence electrons. The van der Waals surface area contributed by atoms with Gasteiger partial charge < -0.3 is 4.42 Å². The number of nitrogens with one attached hydrogen (secondary N) is 1. The number of urea groups is 1. The highest BCUT2D eigenvalue weighted by atomic mass is 16.3. The molecule has 2 aromatic rings. The van der Waals surface area contributed by atoms with E-state index < -0.39 is 23.6 Å². The summed E-state index contributed by atoms with van der Waals surface area (Å²) in [5, 5.41) is 2.36. The van der Waals surface area contributed by atoms with Crippen molar-refractivity contribution in [1.29, 1.82) is 0 Å². The first-order valence-corrected chi connectivity index (χ1v) is 9.84. The van der Waals surface area contributed by atoms with Crippen LogP contribution in [-0.4, -0.2) is 23.6 Å². The average molecular weight is 394 g/mol. The maximum Gasteiger partial charge on any atom is 0.335 e. The molecule has 0 saturated heterocycles. The molecule has 2 heterocycles. The molecule has 0 spiro atoms. The Morgan fingerprint density at radius 1 is 1.10 bits per heavy atom. The van der Waals surface area contributed by atoms with Crippen LogP contribution < -0.4 is 10.2 Å². The molecule has 1 fully saturated rings. The van der Waals surface area contributed by atoms with Crippen LogP contribution in [-0.2, 0) is 9.59 Å². The predicted octanol–water partition coefficient (Wildman–Crippen LogP) is 3.72. The van der Waals surface area contributed by atoms with Gasteiger partial charge in [0.05, 0.1) is 12.0 Å². The van der Waals surface area contributed by atoms with Crippen LogP contribution in [0.15, 0.2) is 41.0 Å². The van der Waals surface area contributed by atoms with Crippen LogP contribution in [0, 0.1) is 12.8 Å². The summed E-state index contributed by atoms with van der Waals surface area (Å²) in [6.45, 7) is 1.84. The van der Waals surface area contributed by atoms with E-state index in [0.717, 1.165) is 42.6 Å². The number of Topliss-reactive ketones (excluding diaryl/α,β-unsaturated/α-hetero) is 1. The first-order valence-electron chi connectivity index (χ1n) is 9.84. The number of rotatable bonds is 3. The van der Waals surface area contributed by atoms with Gasteiger partial charge in [0.2, 0.25) is 11.7 Å². The number of benzene rings is 1. The number of carbonyl (C=O) groups excluding carboxylic acids is 4. The van der Waals surface area contributed by atoms with Gasteiger partial charge in [-0.15, -0.1) is 0 Å². The molecule has 0 bridgehead atoms. The fourth-order valence-corrected chi connectivity index (χ4v) is 4.14. The van der Waals surface area contributed by atoms with Gasteiger partial charge >= 0.3 is 6.03 Å². The van der Waals surface area contributed by atoms with Gasteiger partial charge in [-0.1, -0.05) is 37.0 Å². The number of ketones is 1. The van der Waals surface area contributed by atoms with Gasteiger partial charge in [0.1, 0.15) is 5.92 Å². The highest BCUT2D eigenvalue weighted by Crippen LogP contribution is 2.40. The smallest absolute Gasteiger partial charge is 0.335 e. The van der Waals surface area contributed by atoms with E-state index in [1.807, 2.05) is 6.92 Å². The van der Waals surface area contributed by atoms with Crippen molar-refractivity contribution in [3.63, 3.8) is 0 Å². The van der Waals surface area contributed by atoms with Crippen molar-refractivity contribution in [3.8, 4) is 0 Å². The Bertz CT molecular complexity index is 973. The third-order valence-electron chi connectivity index (χ3n) is 5.64. The van der Waals surface area contributed by atoms with E-state index in [4.69, 9.17) is 4.42 Å². The van der Waals surface area contributed by atoms with Crippen molar-refractivity contribution in [2.24, 2.45) is 5.92 Å². The summed E-state index contributed by atoms with van der Waals surface area (Å²) in [6.07, 6.45) is 5.83. The van der Waals surface area contributed by atoms with E-state index in [2.05, 4.69) is 5.32 Å². The van der Waals surface area contributed by atoms with E-state index in [-0.39, 0.29) is 17.6 Å². The van der Waals surface area contributed by atoms with Gasteiger partial charge in [0, 0.05) is 5.92 Å². The second-order valence-electron chi connectivity index (χ2n) is 7.64. The van der Waals surface area contributed by atoms with Crippen LogP contribution in [0.2, 0.25) is 0 Å². The van der Waals surface area contributed by atoms with Crippen molar-refractivity contribution in [1.82, 2.24) is 5.32 Å². The fourth-order valence-electron chi connectivity index (χ4n) is 4.14. The van der Waals surface area contributed by atoms with Crippen molar-refractivity contribution in [2.45, 2.75) is 44.9 Å². The van der Waals surface area contributed by atoms with Crippen LogP contribution in [0.1, 0.15) is 59.7 Å². The lowest BCUT2D eigenvalue weighted by Gasteiger charge is -2.22. The number of nitrogens with zero attached hydrogens (tertiary/aromatic N) is 1. The van der Waals surface area contributed by atoms with Gasteiger partial charge in [-0.25, -0.2) is 9.69 Å². The van der Waals surface area contributed by atoms with Crippen LogP contribution in [0.25, 0.3) is 0 Å². The fraction of sp³-hybridized carbons (Fsp3) is 0.364. The third kappa shape index (κ3) is 3.48. The van der Waals surface area contributed by atoms with Crippen molar-refractivity contribution in [3.05, 3.63) is 53.5 Å². The number of amides is 4. The van der Waals surface area contributed by atoms with Crippen molar-refractivity contribution < 1.29 is 23.6 Å². The number of carbonyl (C=O) groups is 4. The Balaban J connectivity index is 1.62. The quantitative estimate of drug-likeness (QED) is 0.632. The lowest BCUT2D eigenvalue weighted by Crippen LogP contribution is -2.47. The summed E-state index contributed by atoms with van der Waals surface area (Å²) in [5.41, 5.74) is 1.62. The summed E-state index contributed by atoms with van der Waals surface area (Å²) in [7, 11) is 0. The number of anilines is 1. The molecule has 0 radical (unpaired) electrons. The van der Waals surface area contributed by atoms with Crippen LogP contribution in [0.3, 0.4) is 0 Å². The van der Waals surface area contributed by atoms with Crippen molar-refractivity contribution >= 4 is 29.3 Å². The number of aryl methyl sites for hydroxylation is 1. The first-order chi connectivity index (χ1) is 14.0. The Morgan fingerprint density at radius 2 is 1.86 bits per heavy atom. The summed E-state index contributed by atoms with van der Waals surface area (Å²) < 4.78 is 5.17. The molecule has 4 amide bonds. The Morgan fingerprint density at radius 3 is 2.55 bits per heavy atom. The second kappa shape index (κ2) is 7.66. The zero-order chi connectivity index (χ0) is 20.5. The minimum Gasteiger partial charge on any atom is -0.461 e. The molecule has 29 heavy (non-hydrogen) atoms. The first kappa shape index (κ1) is 19.1. The number of imide groups is 2. The second-order valence-corrected chi connectivity index (χ2v) is 7.64. The highest BCUT2D eigenvalue weighted by Gasteiger charge is 2.46. The topological polar surface area (TPSA) is 96.7 Å². The Kier molecular flexibility index (Phi) is 5.05. The largest absolute Gasteiger partial charge is 0.461 e. The molecule has 2 aliphatic rings. The molecular weight excluding hydrogens is 372 g/mol. The molecule has 1 N–H and O–H groups in total. The van der Waals surface area contributed by atoms with E-state index in [9.17, 15) is 19.2 Å². The molecule has 1 atom stereocenters. The molecule has 1 aliphatic carbocycles. The molecule has 7 heteroatoms. The number of hydrogen-bond donors (Lipinski definition) is 1. The minimum absolute atomic E-state index is 0.0522. The van der Waals surface area contributed by atoms with E-state index in [0.29, 0.717) is 11.3 Å². The molecule has 1 aliphatic heterocycles. The molecule has 1 aromatic carbocycles. The lowest BCUT2D eigenvalue weighted by atomic mass is 9.89. The number of fused-ring (bicyclic) bond motifs is 1. The lowest BCUT2D eigenvalue weighted by molar-refractivity contribution is -0.124. The van der Waals surface area contributed by atoms with Gasteiger partial charge in [0.15, 0.2) is 5.76 Å². The standard InChI is InChI=1S/C22H22N2O5/c1-13-9-10-16-15(12-13)18(19(25)17-8-5-11-29-17)21(27)24(16)22(28)23-20(26)14-6-3-2-4-7-14/h5,8-12,14,18H,2-4,6-7H2,1H3,(H,23,26,28). The van der Waals surface area contributed by atoms with Gasteiger partial charge in [-0.05, 0) is 43.5 Å². The number of hydrogen-bond acceptors (Lipinski definition) is 5. The predicted molar refractivity (Wildman–Crippen MR) is 105 cm³/mol. The zero-order valence-corrected chi connectivity index (χ0v) is 16.1. The van der Waals surface area contributed by atoms with Gasteiger partial charge in [-0.2, -0.15) is 0 Å². The highest BCUT2D eigenvalue weighted by molar-refractivity contribution is 6.30. The minimum atomic E-state index is -1.17. The summed E-state index contributed by atoms with van der Waals surface area (Å²) in [5.74, 6) is -2.90. The SMILES string of the molecule is Cc1ccc2c(c1)C(C(=O)c1ccco1)C(=O)N2C(=O)NC(=O)C1CCCCC1. The molecule has 1 unspecified atom stereocenters. The zero-order valence-electron chi connectivity index (χ0n) is 16.1. The monoisotopic (exact) mass is 394 g/mol. The molecule has 1 aromatic heterocycles.